The molecule has 10 nitrogen and oxygen atoms in total. The first-order valence-corrected chi connectivity index (χ1v) is 20.8. The molecule has 1 saturated heterocycles. The fourth-order valence-electron chi connectivity index (χ4n) is 9.20. The van der Waals surface area contributed by atoms with Gasteiger partial charge in [0.2, 0.25) is 5.91 Å². The molecular formula is C41H55N5O5S. The first kappa shape index (κ1) is 36.6. The van der Waals surface area contributed by atoms with Gasteiger partial charge in [-0.3, -0.25) is 18.6 Å². The third-order valence-electron chi connectivity index (χ3n) is 12.7. The molecule has 4 aliphatic carbocycles. The molecule has 5 aliphatic rings. The van der Waals surface area contributed by atoms with Crippen LogP contribution < -0.4 is 15.0 Å². The molecule has 1 aromatic carbocycles. The maximum atomic E-state index is 14.7. The fraction of sp³-hybridized carbons (Fsp3) is 0.610. The molecule has 0 radical (unpaired) electrons. The van der Waals surface area contributed by atoms with Gasteiger partial charge in [-0.15, -0.1) is 0 Å². The first-order chi connectivity index (χ1) is 25.0. The molecule has 8 rings (SSSR count). The van der Waals surface area contributed by atoms with Crippen LogP contribution in [0.3, 0.4) is 0 Å². The number of nitrogens with zero attached hydrogens (tertiary/aromatic N) is 4. The Kier molecular flexibility index (Phi) is 10.8. The lowest BCUT2D eigenvalue weighted by Gasteiger charge is -2.55. The van der Waals surface area contributed by atoms with E-state index >= 15 is 0 Å². The highest BCUT2D eigenvalue weighted by Gasteiger charge is 2.51. The Morgan fingerprint density at radius 2 is 1.69 bits per heavy atom. The molecule has 3 heterocycles. The quantitative estimate of drug-likeness (QED) is 0.228. The van der Waals surface area contributed by atoms with Crippen molar-refractivity contribution in [3.8, 4) is 16.9 Å². The summed E-state index contributed by atoms with van der Waals surface area (Å²) in [6.45, 7) is 7.02. The second-order valence-corrected chi connectivity index (χ2v) is 17.9. The molecule has 2 amide bonds. The van der Waals surface area contributed by atoms with Gasteiger partial charge in [-0.25, -0.2) is 9.78 Å². The largest absolute Gasteiger partial charge is 0.496 e. The number of carbonyl (C=O) groups excluding carboxylic acids is 2. The monoisotopic (exact) mass is 729 g/mol. The molecule has 5 fully saturated rings. The van der Waals surface area contributed by atoms with Crippen LogP contribution in [0, 0.1) is 18.3 Å². The van der Waals surface area contributed by atoms with Gasteiger partial charge >= 0.3 is 6.09 Å². The van der Waals surface area contributed by atoms with Gasteiger partial charge in [0, 0.05) is 64.8 Å². The van der Waals surface area contributed by atoms with E-state index in [1.807, 2.05) is 28.0 Å². The van der Waals surface area contributed by atoms with E-state index in [2.05, 4.69) is 61.6 Å². The summed E-state index contributed by atoms with van der Waals surface area (Å²) in [5.74, 6) is 2.86. The molecule has 3 aromatic rings. The van der Waals surface area contributed by atoms with Gasteiger partial charge < -0.3 is 14.8 Å². The van der Waals surface area contributed by atoms with Crippen LogP contribution in [0.2, 0.25) is 0 Å². The molecule has 0 unspecified atom stereocenters. The summed E-state index contributed by atoms with van der Waals surface area (Å²) in [6, 6.07) is 11.0. The minimum atomic E-state index is -0.777. The lowest BCUT2D eigenvalue weighted by atomic mass is 9.51. The Morgan fingerprint density at radius 3 is 2.33 bits per heavy atom. The highest BCUT2D eigenvalue weighted by atomic mass is 32.2. The summed E-state index contributed by atoms with van der Waals surface area (Å²) in [7, 11) is 0.955. The molecule has 280 valence electrons. The number of ether oxygens (including phenoxy) is 2. The number of rotatable bonds is 10. The lowest BCUT2D eigenvalue weighted by molar-refractivity contribution is -0.124. The van der Waals surface area contributed by atoms with Crippen molar-refractivity contribution in [1.82, 2.24) is 20.1 Å². The average Bonchev–Trinajstić information content (AvgIpc) is 3.67. The SMILES string of the molecule is COc1ccc(C23CCC(CN(C(=O)C4CCC(OC(=O)NC5CCS(=O)CC5)CC4)c4cc(-c5cnn(C(C)C)c5)ccn4)(CC2)CC3)cc1C. The number of aromatic nitrogens is 3. The molecule has 0 atom stereocenters. The van der Waals surface area contributed by atoms with Crippen molar-refractivity contribution >= 4 is 28.6 Å². The van der Waals surface area contributed by atoms with Gasteiger partial charge in [0.05, 0.1) is 13.3 Å². The Morgan fingerprint density at radius 1 is 0.981 bits per heavy atom. The van der Waals surface area contributed by atoms with E-state index in [1.165, 1.54) is 11.1 Å². The predicted molar refractivity (Wildman–Crippen MR) is 204 cm³/mol. The molecule has 4 saturated carbocycles. The van der Waals surface area contributed by atoms with Crippen LogP contribution >= 0.6 is 0 Å². The second-order valence-electron chi connectivity index (χ2n) is 16.2. The number of nitrogens with one attached hydrogen (secondary N) is 1. The third-order valence-corrected chi connectivity index (χ3v) is 14.0. The minimum absolute atomic E-state index is 0.0177. The minimum Gasteiger partial charge on any atom is -0.496 e. The number of alkyl carbamates (subject to hydrolysis) is 1. The number of fused-ring (bicyclic) bond motifs is 3. The van der Waals surface area contributed by atoms with Gasteiger partial charge in [-0.05, 0) is 144 Å². The molecule has 52 heavy (non-hydrogen) atoms. The highest BCUT2D eigenvalue weighted by molar-refractivity contribution is 7.85. The van der Waals surface area contributed by atoms with Crippen LogP contribution in [0.5, 0.6) is 5.75 Å². The lowest BCUT2D eigenvalue weighted by Crippen LogP contribution is -2.52. The standard InChI is InChI=1S/C41H55N5O5S/c1-28(2)46-26-32(25-43-46)31-11-20-42-37(24-31)45(27-40-14-17-41(18-15-40,19-16-40)33-7-10-36(50-4)29(3)23-33)38(47)30-5-8-35(9-6-30)51-39(48)44-34-12-21-52(49)22-13-34/h7,10-11,20,23-26,28,30,34-35H,5-6,8-9,12-19,21-22,27H2,1-4H3,(H,44,48). The second kappa shape index (κ2) is 15.3. The maximum absolute atomic E-state index is 14.7. The van der Waals surface area contributed by atoms with Crippen LogP contribution in [0.15, 0.2) is 48.9 Å². The smallest absolute Gasteiger partial charge is 0.407 e. The van der Waals surface area contributed by atoms with E-state index in [0.717, 1.165) is 68.2 Å². The molecular weight excluding hydrogens is 675 g/mol. The van der Waals surface area contributed by atoms with Crippen LogP contribution in [0.25, 0.3) is 11.1 Å². The zero-order valence-electron chi connectivity index (χ0n) is 31.3. The molecule has 2 bridgehead atoms. The summed E-state index contributed by atoms with van der Waals surface area (Å²) in [6.07, 6.45) is 15.8. The number of aryl methyl sites for hydroxylation is 1. The average molecular weight is 730 g/mol. The summed E-state index contributed by atoms with van der Waals surface area (Å²) in [5.41, 5.74) is 4.84. The summed E-state index contributed by atoms with van der Waals surface area (Å²) in [4.78, 5) is 34.3. The predicted octanol–water partition coefficient (Wildman–Crippen LogP) is 7.66. The van der Waals surface area contributed by atoms with Crippen molar-refractivity contribution in [3.05, 3.63) is 60.0 Å². The molecule has 0 spiro atoms. The topological polar surface area (TPSA) is 116 Å². The van der Waals surface area contributed by atoms with Crippen molar-refractivity contribution < 1.29 is 23.3 Å². The zero-order chi connectivity index (χ0) is 36.5. The van der Waals surface area contributed by atoms with Gasteiger partial charge in [0.1, 0.15) is 17.7 Å². The van der Waals surface area contributed by atoms with Crippen LogP contribution in [-0.4, -0.2) is 68.3 Å². The van der Waals surface area contributed by atoms with Crippen molar-refractivity contribution in [2.75, 3.05) is 30.1 Å². The van der Waals surface area contributed by atoms with E-state index in [4.69, 9.17) is 14.5 Å². The molecule has 1 N–H and O–H groups in total. The van der Waals surface area contributed by atoms with Crippen molar-refractivity contribution in [3.63, 3.8) is 0 Å². The number of carbonyl (C=O) groups is 2. The number of hydrogen-bond acceptors (Lipinski definition) is 7. The molecule has 2 aromatic heterocycles. The summed E-state index contributed by atoms with van der Waals surface area (Å²) in [5, 5.41) is 7.54. The number of methoxy groups -OCH3 is 1. The van der Waals surface area contributed by atoms with Crippen LogP contribution in [0.1, 0.15) is 108 Å². The third kappa shape index (κ3) is 7.80. The number of benzene rings is 1. The maximum Gasteiger partial charge on any atom is 0.407 e. The number of pyridine rings is 1. The first-order valence-electron chi connectivity index (χ1n) is 19.3. The van der Waals surface area contributed by atoms with Crippen molar-refractivity contribution in [1.29, 1.82) is 0 Å². The highest BCUT2D eigenvalue weighted by Crippen LogP contribution is 2.58. The van der Waals surface area contributed by atoms with E-state index in [0.29, 0.717) is 49.6 Å². The van der Waals surface area contributed by atoms with Gasteiger partial charge in [-0.1, -0.05) is 12.1 Å². The Labute approximate surface area is 310 Å². The van der Waals surface area contributed by atoms with E-state index in [9.17, 15) is 13.8 Å². The number of anilines is 1. The summed E-state index contributed by atoms with van der Waals surface area (Å²) < 4.78 is 25.0. The number of amides is 2. The van der Waals surface area contributed by atoms with Gasteiger partial charge in [-0.2, -0.15) is 5.10 Å². The zero-order valence-corrected chi connectivity index (χ0v) is 32.1. The van der Waals surface area contributed by atoms with Crippen LogP contribution in [0.4, 0.5) is 10.6 Å². The molecule has 11 heteroatoms. The van der Waals surface area contributed by atoms with Crippen molar-refractivity contribution in [2.45, 2.75) is 121 Å². The number of hydrogen-bond donors (Lipinski definition) is 1. The van der Waals surface area contributed by atoms with E-state index < -0.39 is 16.9 Å². The van der Waals surface area contributed by atoms with Gasteiger partial charge in [0.15, 0.2) is 0 Å². The fourth-order valence-corrected chi connectivity index (χ4v) is 10.5. The van der Waals surface area contributed by atoms with E-state index in [1.54, 1.807) is 7.11 Å². The Hall–Kier alpha value is -3.73. The Balaban J connectivity index is 1.06. The van der Waals surface area contributed by atoms with Gasteiger partial charge in [0.25, 0.3) is 0 Å². The normalized spacial score (nSPS) is 28.7. The summed E-state index contributed by atoms with van der Waals surface area (Å²) >= 11 is 0. The van der Waals surface area contributed by atoms with Crippen molar-refractivity contribution in [2.24, 2.45) is 11.3 Å². The molecule has 1 aliphatic heterocycles. The van der Waals surface area contributed by atoms with E-state index in [-0.39, 0.29) is 40.8 Å². The Bertz CT molecular complexity index is 1750. The van der Waals surface area contributed by atoms with Crippen LogP contribution in [-0.2, 0) is 25.7 Å².